The number of thiocarbonyl (C=S) groups is 1. The summed E-state index contributed by atoms with van der Waals surface area (Å²) in [6.07, 6.45) is 0.851. The van der Waals surface area contributed by atoms with Gasteiger partial charge >= 0.3 is 0 Å². The molecule has 24 heavy (non-hydrogen) atoms. The largest absolute Gasteiger partial charge is 0.298 e. The fraction of sp³-hybridized carbons (Fsp3) is 0.118. The maximum atomic E-state index is 13.5. The number of hydrogen-bond donors (Lipinski definition) is 3. The Kier molecular flexibility index (Phi) is 6.39. The number of amides is 2. The Morgan fingerprint density at radius 3 is 2.33 bits per heavy atom. The Labute approximate surface area is 144 Å². The molecule has 0 aromatic heterocycles. The average molecular weight is 345 g/mol. The lowest BCUT2D eigenvalue weighted by molar-refractivity contribution is -0.121. The van der Waals surface area contributed by atoms with Crippen LogP contribution in [0.15, 0.2) is 54.6 Å². The van der Waals surface area contributed by atoms with Gasteiger partial charge in [0.25, 0.3) is 5.91 Å². The summed E-state index contributed by atoms with van der Waals surface area (Å²) in [4.78, 5) is 23.6. The number of carbonyl (C=O) groups excluding carboxylic acids is 2. The van der Waals surface area contributed by atoms with Crippen molar-refractivity contribution in [1.29, 1.82) is 0 Å². The van der Waals surface area contributed by atoms with Crippen molar-refractivity contribution in [3.05, 3.63) is 71.5 Å². The summed E-state index contributed by atoms with van der Waals surface area (Å²) in [7, 11) is 0. The van der Waals surface area contributed by atoms with Gasteiger partial charge in [-0.1, -0.05) is 42.5 Å². The van der Waals surface area contributed by atoms with E-state index in [0.29, 0.717) is 6.42 Å². The summed E-state index contributed by atoms with van der Waals surface area (Å²) in [5.41, 5.74) is 5.72. The second-order valence-electron chi connectivity index (χ2n) is 4.92. The summed E-state index contributed by atoms with van der Waals surface area (Å²) in [5, 5.41) is 2.18. The molecule has 7 heteroatoms. The van der Waals surface area contributed by atoms with Gasteiger partial charge in [-0.05, 0) is 36.3 Å². The Morgan fingerprint density at radius 1 is 0.958 bits per heavy atom. The number of hydrogen-bond acceptors (Lipinski definition) is 3. The van der Waals surface area contributed by atoms with E-state index in [9.17, 15) is 14.0 Å². The number of nitrogens with one attached hydrogen (secondary N) is 3. The van der Waals surface area contributed by atoms with Crippen molar-refractivity contribution in [1.82, 2.24) is 16.2 Å². The van der Waals surface area contributed by atoms with Crippen molar-refractivity contribution in [2.45, 2.75) is 12.8 Å². The smallest absolute Gasteiger partial charge is 0.260 e. The van der Waals surface area contributed by atoms with Gasteiger partial charge in [0.15, 0.2) is 5.11 Å². The lowest BCUT2D eigenvalue weighted by Gasteiger charge is -2.11. The second kappa shape index (κ2) is 8.73. The van der Waals surface area contributed by atoms with E-state index in [1.54, 1.807) is 6.07 Å². The lowest BCUT2D eigenvalue weighted by Crippen LogP contribution is -2.48. The third-order valence-corrected chi connectivity index (χ3v) is 3.35. The molecule has 0 aliphatic heterocycles. The fourth-order valence-electron chi connectivity index (χ4n) is 1.94. The van der Waals surface area contributed by atoms with E-state index in [2.05, 4.69) is 16.2 Å². The van der Waals surface area contributed by atoms with Crippen molar-refractivity contribution >= 4 is 29.1 Å². The van der Waals surface area contributed by atoms with Crippen LogP contribution in [0.5, 0.6) is 0 Å². The van der Waals surface area contributed by atoms with Crippen molar-refractivity contribution in [2.24, 2.45) is 0 Å². The fourth-order valence-corrected chi connectivity index (χ4v) is 2.08. The highest BCUT2D eigenvalue weighted by Gasteiger charge is 2.12. The van der Waals surface area contributed by atoms with Crippen molar-refractivity contribution in [3.63, 3.8) is 0 Å². The Bertz CT molecular complexity index is 738. The van der Waals surface area contributed by atoms with Crippen LogP contribution in [0.2, 0.25) is 0 Å². The van der Waals surface area contributed by atoms with Crippen LogP contribution in [0.3, 0.4) is 0 Å². The third kappa shape index (κ3) is 5.44. The molecule has 2 rings (SSSR count). The van der Waals surface area contributed by atoms with Gasteiger partial charge in [0, 0.05) is 6.42 Å². The molecule has 0 saturated heterocycles. The predicted octanol–water partition coefficient (Wildman–Crippen LogP) is 2.09. The van der Waals surface area contributed by atoms with Crippen LogP contribution < -0.4 is 16.2 Å². The van der Waals surface area contributed by atoms with Crippen LogP contribution in [0.1, 0.15) is 22.3 Å². The number of halogens is 1. The van der Waals surface area contributed by atoms with Crippen molar-refractivity contribution < 1.29 is 14.0 Å². The van der Waals surface area contributed by atoms with Gasteiger partial charge in [-0.2, -0.15) is 0 Å². The molecule has 0 aliphatic rings. The molecule has 5 nitrogen and oxygen atoms in total. The first-order chi connectivity index (χ1) is 11.6. The van der Waals surface area contributed by atoms with Crippen LogP contribution in [0.25, 0.3) is 0 Å². The second-order valence-corrected chi connectivity index (χ2v) is 5.33. The molecule has 0 bridgehead atoms. The molecule has 0 radical (unpaired) electrons. The van der Waals surface area contributed by atoms with Gasteiger partial charge in [0.05, 0.1) is 5.56 Å². The minimum Gasteiger partial charge on any atom is -0.298 e. The van der Waals surface area contributed by atoms with Crippen LogP contribution in [-0.2, 0) is 11.2 Å². The van der Waals surface area contributed by atoms with Gasteiger partial charge in [-0.25, -0.2) is 4.39 Å². The van der Waals surface area contributed by atoms with Gasteiger partial charge in [-0.3, -0.25) is 25.8 Å². The van der Waals surface area contributed by atoms with E-state index < -0.39 is 11.7 Å². The number of aryl methyl sites for hydroxylation is 1. The molecule has 2 aromatic rings. The Morgan fingerprint density at radius 2 is 1.62 bits per heavy atom. The van der Waals surface area contributed by atoms with E-state index in [1.165, 1.54) is 18.2 Å². The molecule has 0 spiro atoms. The summed E-state index contributed by atoms with van der Waals surface area (Å²) >= 11 is 4.89. The molecule has 0 heterocycles. The topological polar surface area (TPSA) is 70.2 Å². The molecule has 0 aliphatic carbocycles. The number of hydrazine groups is 1. The highest BCUT2D eigenvalue weighted by Crippen LogP contribution is 2.05. The van der Waals surface area contributed by atoms with Crippen LogP contribution in [0.4, 0.5) is 4.39 Å². The quantitative estimate of drug-likeness (QED) is 0.586. The van der Waals surface area contributed by atoms with Gasteiger partial charge in [0.1, 0.15) is 5.82 Å². The standard InChI is InChI=1S/C17H16FN3O2S/c18-14-9-5-4-8-13(14)16(23)19-17(24)21-20-15(22)11-10-12-6-2-1-3-7-12/h1-9H,10-11H2,(H,20,22)(H2,19,21,23,24). The molecule has 0 fully saturated rings. The summed E-state index contributed by atoms with van der Waals surface area (Å²) in [6.45, 7) is 0. The van der Waals surface area contributed by atoms with Gasteiger partial charge in [0.2, 0.25) is 5.91 Å². The van der Waals surface area contributed by atoms with E-state index >= 15 is 0 Å². The minimum atomic E-state index is -0.691. The molecular weight excluding hydrogens is 329 g/mol. The van der Waals surface area contributed by atoms with Crippen LogP contribution in [0, 0.1) is 5.82 Å². The molecule has 0 saturated carbocycles. The maximum absolute atomic E-state index is 13.5. The van der Waals surface area contributed by atoms with Crippen molar-refractivity contribution in [3.8, 4) is 0 Å². The first-order valence-corrected chi connectivity index (χ1v) is 7.65. The number of rotatable bonds is 4. The molecule has 0 unspecified atom stereocenters. The zero-order chi connectivity index (χ0) is 17.4. The molecule has 3 N–H and O–H groups in total. The Hall–Kier alpha value is -2.80. The zero-order valence-electron chi connectivity index (χ0n) is 12.7. The molecule has 0 atom stereocenters. The summed E-state index contributed by atoms with van der Waals surface area (Å²) < 4.78 is 13.5. The average Bonchev–Trinajstić information content (AvgIpc) is 2.59. The predicted molar refractivity (Wildman–Crippen MR) is 92.5 cm³/mol. The number of carbonyl (C=O) groups is 2. The van der Waals surface area contributed by atoms with E-state index in [0.717, 1.165) is 5.56 Å². The van der Waals surface area contributed by atoms with Crippen LogP contribution in [-0.4, -0.2) is 16.9 Å². The number of benzene rings is 2. The molecular formula is C17H16FN3O2S. The molecule has 2 aromatic carbocycles. The van der Waals surface area contributed by atoms with Crippen LogP contribution >= 0.6 is 12.2 Å². The lowest BCUT2D eigenvalue weighted by atomic mass is 10.1. The summed E-state index contributed by atoms with van der Waals surface area (Å²) in [5.74, 6) is -1.62. The Balaban J connectivity index is 1.73. The van der Waals surface area contributed by atoms with Gasteiger partial charge < -0.3 is 0 Å². The SMILES string of the molecule is O=C(CCc1ccccc1)NNC(=S)NC(=O)c1ccccc1F. The zero-order valence-corrected chi connectivity index (χ0v) is 13.5. The highest BCUT2D eigenvalue weighted by molar-refractivity contribution is 7.80. The maximum Gasteiger partial charge on any atom is 0.260 e. The van der Waals surface area contributed by atoms with E-state index in [4.69, 9.17) is 12.2 Å². The van der Waals surface area contributed by atoms with Gasteiger partial charge in [-0.15, -0.1) is 0 Å². The van der Waals surface area contributed by atoms with E-state index in [1.807, 2.05) is 30.3 Å². The third-order valence-electron chi connectivity index (χ3n) is 3.14. The first-order valence-electron chi connectivity index (χ1n) is 7.25. The molecule has 2 amide bonds. The van der Waals surface area contributed by atoms with E-state index in [-0.39, 0.29) is 23.0 Å². The first kappa shape index (κ1) is 17.6. The van der Waals surface area contributed by atoms with Crippen molar-refractivity contribution in [2.75, 3.05) is 0 Å². The molecule has 124 valence electrons. The summed E-state index contributed by atoms with van der Waals surface area (Å²) in [6, 6.07) is 15.1. The normalized spacial score (nSPS) is 9.88. The highest BCUT2D eigenvalue weighted by atomic mass is 32.1. The monoisotopic (exact) mass is 345 g/mol. The minimum absolute atomic E-state index is 0.115.